The minimum atomic E-state index is -1.27. The van der Waals surface area contributed by atoms with Crippen molar-refractivity contribution in [3.8, 4) is 0 Å². The fraction of sp³-hybridized carbons (Fsp3) is 0.143. The summed E-state index contributed by atoms with van der Waals surface area (Å²) in [4.78, 5) is 0. The number of aliphatic hydroxyl groups is 1. The summed E-state index contributed by atoms with van der Waals surface area (Å²) in [6.45, 7) is 0. The fourth-order valence-corrected chi connectivity index (χ4v) is 2.24. The highest BCUT2D eigenvalue weighted by molar-refractivity contribution is 9.10. The second-order valence-corrected chi connectivity index (χ2v) is 5.05. The Labute approximate surface area is 116 Å². The topological polar surface area (TPSA) is 20.2 Å². The number of rotatable bonds is 3. The van der Waals surface area contributed by atoms with E-state index in [0.29, 0.717) is 12.1 Å². The monoisotopic (exact) mass is 330 g/mol. The molecule has 1 unspecified atom stereocenters. The number of aliphatic hydroxyl groups excluding tert-OH is 1. The fourth-order valence-electron chi connectivity index (χ4n) is 1.79. The first-order chi connectivity index (χ1) is 8.97. The lowest BCUT2D eigenvalue weighted by Gasteiger charge is -2.12. The first-order valence-corrected chi connectivity index (χ1v) is 6.33. The molecule has 0 aliphatic rings. The molecule has 0 aromatic heterocycles. The van der Waals surface area contributed by atoms with Gasteiger partial charge in [0.25, 0.3) is 0 Å². The van der Waals surface area contributed by atoms with Gasteiger partial charge in [0.05, 0.1) is 6.10 Å². The van der Waals surface area contributed by atoms with Crippen LogP contribution >= 0.6 is 15.9 Å². The van der Waals surface area contributed by atoms with Crippen molar-refractivity contribution in [3.05, 3.63) is 69.4 Å². The van der Waals surface area contributed by atoms with Gasteiger partial charge in [-0.25, -0.2) is 13.2 Å². The van der Waals surface area contributed by atoms with E-state index >= 15 is 0 Å². The normalized spacial score (nSPS) is 12.5. The number of halogens is 4. The Morgan fingerprint density at radius 3 is 2.37 bits per heavy atom. The van der Waals surface area contributed by atoms with Crippen LogP contribution in [0.4, 0.5) is 13.2 Å². The van der Waals surface area contributed by atoms with E-state index in [-0.39, 0.29) is 12.0 Å². The second kappa shape index (κ2) is 5.75. The molecular formula is C14H10BrF3O. The predicted molar refractivity (Wildman–Crippen MR) is 69.1 cm³/mol. The van der Waals surface area contributed by atoms with E-state index in [1.54, 1.807) is 18.2 Å². The van der Waals surface area contributed by atoms with Crippen molar-refractivity contribution in [2.45, 2.75) is 12.5 Å². The lowest BCUT2D eigenvalue weighted by molar-refractivity contribution is 0.172. The SMILES string of the molecule is OC(Cc1cccc(Br)c1)c1cc(F)c(F)cc1F. The Bertz CT molecular complexity index is 601. The maximum Gasteiger partial charge on any atom is 0.161 e. The van der Waals surface area contributed by atoms with Crippen molar-refractivity contribution in [2.75, 3.05) is 0 Å². The Hall–Kier alpha value is -1.33. The molecule has 0 aliphatic heterocycles. The van der Waals surface area contributed by atoms with Crippen molar-refractivity contribution in [2.24, 2.45) is 0 Å². The smallest absolute Gasteiger partial charge is 0.161 e. The summed E-state index contributed by atoms with van der Waals surface area (Å²) in [6.07, 6.45) is -1.12. The zero-order chi connectivity index (χ0) is 14.0. The average molecular weight is 331 g/mol. The molecule has 2 aromatic carbocycles. The lowest BCUT2D eigenvalue weighted by atomic mass is 10.0. The van der Waals surface area contributed by atoms with E-state index in [0.717, 1.165) is 10.0 Å². The first kappa shape index (κ1) is 14.1. The molecule has 0 radical (unpaired) electrons. The van der Waals surface area contributed by atoms with Gasteiger partial charge in [0, 0.05) is 22.5 Å². The quantitative estimate of drug-likeness (QED) is 0.838. The van der Waals surface area contributed by atoms with Crippen LogP contribution in [-0.4, -0.2) is 5.11 Å². The van der Waals surface area contributed by atoms with Crippen LogP contribution in [0.15, 0.2) is 40.9 Å². The molecule has 0 fully saturated rings. The van der Waals surface area contributed by atoms with Crippen LogP contribution in [-0.2, 0) is 6.42 Å². The molecule has 2 rings (SSSR count). The first-order valence-electron chi connectivity index (χ1n) is 5.54. The third kappa shape index (κ3) is 3.36. The maximum atomic E-state index is 13.5. The molecule has 19 heavy (non-hydrogen) atoms. The molecule has 0 heterocycles. The zero-order valence-electron chi connectivity index (χ0n) is 9.71. The Morgan fingerprint density at radius 2 is 1.68 bits per heavy atom. The van der Waals surface area contributed by atoms with Gasteiger partial charge in [-0.05, 0) is 23.8 Å². The van der Waals surface area contributed by atoms with Gasteiger partial charge < -0.3 is 5.11 Å². The molecular weight excluding hydrogens is 321 g/mol. The van der Waals surface area contributed by atoms with E-state index in [2.05, 4.69) is 15.9 Å². The summed E-state index contributed by atoms with van der Waals surface area (Å²) < 4.78 is 40.2. The third-order valence-corrected chi connectivity index (χ3v) is 3.21. The van der Waals surface area contributed by atoms with Crippen LogP contribution in [0, 0.1) is 17.5 Å². The maximum absolute atomic E-state index is 13.5. The van der Waals surface area contributed by atoms with Crippen LogP contribution in [0.1, 0.15) is 17.2 Å². The molecule has 0 spiro atoms. The Balaban J connectivity index is 2.25. The summed E-state index contributed by atoms with van der Waals surface area (Å²) in [5.74, 6) is -3.40. The molecule has 0 aliphatic carbocycles. The molecule has 0 saturated carbocycles. The van der Waals surface area contributed by atoms with Gasteiger partial charge in [-0.2, -0.15) is 0 Å². The average Bonchev–Trinajstić information content (AvgIpc) is 2.33. The van der Waals surface area contributed by atoms with E-state index in [4.69, 9.17) is 0 Å². The number of benzene rings is 2. The summed E-state index contributed by atoms with van der Waals surface area (Å²) in [6, 6.07) is 8.23. The largest absolute Gasteiger partial charge is 0.388 e. The summed E-state index contributed by atoms with van der Waals surface area (Å²) in [5, 5.41) is 9.92. The van der Waals surface area contributed by atoms with Crippen LogP contribution in [0.5, 0.6) is 0 Å². The molecule has 0 bridgehead atoms. The van der Waals surface area contributed by atoms with Gasteiger partial charge in [-0.1, -0.05) is 28.1 Å². The molecule has 5 heteroatoms. The predicted octanol–water partition coefficient (Wildman–Crippen LogP) is 4.14. The zero-order valence-corrected chi connectivity index (χ0v) is 11.3. The molecule has 1 nitrogen and oxygen atoms in total. The number of hydrogen-bond donors (Lipinski definition) is 1. The Morgan fingerprint density at radius 1 is 1.00 bits per heavy atom. The van der Waals surface area contributed by atoms with E-state index in [1.165, 1.54) is 0 Å². The van der Waals surface area contributed by atoms with Gasteiger partial charge >= 0.3 is 0 Å². The van der Waals surface area contributed by atoms with E-state index in [1.807, 2.05) is 6.07 Å². The minimum Gasteiger partial charge on any atom is -0.388 e. The standard InChI is InChI=1S/C14H10BrF3O/c15-9-3-1-2-8(4-9)5-14(19)10-6-12(17)13(18)7-11(10)16/h1-4,6-7,14,19H,5H2. The summed E-state index contributed by atoms with van der Waals surface area (Å²) in [7, 11) is 0. The van der Waals surface area contributed by atoms with E-state index < -0.39 is 23.6 Å². The van der Waals surface area contributed by atoms with Gasteiger partial charge in [0.2, 0.25) is 0 Å². The molecule has 0 saturated heterocycles. The molecule has 2 aromatic rings. The van der Waals surface area contributed by atoms with Gasteiger partial charge in [0.15, 0.2) is 11.6 Å². The van der Waals surface area contributed by atoms with E-state index in [9.17, 15) is 18.3 Å². The van der Waals surface area contributed by atoms with Crippen molar-refractivity contribution in [1.29, 1.82) is 0 Å². The van der Waals surface area contributed by atoms with Crippen LogP contribution in [0.2, 0.25) is 0 Å². The van der Waals surface area contributed by atoms with Crippen molar-refractivity contribution in [1.82, 2.24) is 0 Å². The highest BCUT2D eigenvalue weighted by Crippen LogP contribution is 2.24. The third-order valence-electron chi connectivity index (χ3n) is 2.72. The summed E-state index contributed by atoms with van der Waals surface area (Å²) >= 11 is 3.28. The highest BCUT2D eigenvalue weighted by atomic mass is 79.9. The molecule has 1 atom stereocenters. The molecule has 0 amide bonds. The van der Waals surface area contributed by atoms with Crippen LogP contribution < -0.4 is 0 Å². The van der Waals surface area contributed by atoms with Gasteiger partial charge in [-0.3, -0.25) is 0 Å². The second-order valence-electron chi connectivity index (χ2n) is 4.14. The highest BCUT2D eigenvalue weighted by Gasteiger charge is 2.17. The molecule has 1 N–H and O–H groups in total. The van der Waals surface area contributed by atoms with Gasteiger partial charge in [-0.15, -0.1) is 0 Å². The van der Waals surface area contributed by atoms with Crippen molar-refractivity contribution >= 4 is 15.9 Å². The van der Waals surface area contributed by atoms with Crippen LogP contribution in [0.25, 0.3) is 0 Å². The molecule has 100 valence electrons. The van der Waals surface area contributed by atoms with Crippen molar-refractivity contribution < 1.29 is 18.3 Å². The number of hydrogen-bond acceptors (Lipinski definition) is 1. The minimum absolute atomic E-state index is 0.113. The Kier molecular flexibility index (Phi) is 4.27. The van der Waals surface area contributed by atoms with Crippen LogP contribution in [0.3, 0.4) is 0 Å². The van der Waals surface area contributed by atoms with Crippen molar-refractivity contribution in [3.63, 3.8) is 0 Å². The lowest BCUT2D eigenvalue weighted by Crippen LogP contribution is -2.06. The van der Waals surface area contributed by atoms with Gasteiger partial charge in [0.1, 0.15) is 5.82 Å². The summed E-state index contributed by atoms with van der Waals surface area (Å²) in [5.41, 5.74) is 0.505.